The average Bonchev–Trinajstić information content (AvgIpc) is 3.02. The second kappa shape index (κ2) is 7.17. The van der Waals surface area contributed by atoms with E-state index in [1.807, 2.05) is 42.5 Å². The number of urea groups is 1. The molecule has 5 nitrogen and oxygen atoms in total. The highest BCUT2D eigenvalue weighted by atomic mass is 16.2. The molecule has 0 bridgehead atoms. The van der Waals surface area contributed by atoms with E-state index in [1.54, 1.807) is 0 Å². The fourth-order valence-electron chi connectivity index (χ4n) is 3.16. The summed E-state index contributed by atoms with van der Waals surface area (Å²) in [4.78, 5) is 23.6. The van der Waals surface area contributed by atoms with Crippen LogP contribution in [0.1, 0.15) is 35.6 Å². The molecule has 2 aromatic rings. The summed E-state index contributed by atoms with van der Waals surface area (Å²) in [6.45, 7) is 0. The molecule has 0 saturated heterocycles. The third-order valence-electron chi connectivity index (χ3n) is 4.29. The largest absolute Gasteiger partial charge is 0.352 e. The fourth-order valence-corrected chi connectivity index (χ4v) is 3.16. The quantitative estimate of drug-likeness (QED) is 0.790. The molecule has 5 heteroatoms. The second-order valence-corrected chi connectivity index (χ2v) is 6.06. The first-order valence-corrected chi connectivity index (χ1v) is 8.14. The molecule has 3 amide bonds. The molecule has 4 N–H and O–H groups in total. The number of carbonyl (C=O) groups excluding carboxylic acids is 2. The van der Waals surface area contributed by atoms with Crippen molar-refractivity contribution in [1.82, 2.24) is 5.32 Å². The molecule has 0 unspecified atom stereocenters. The van der Waals surface area contributed by atoms with Crippen LogP contribution < -0.4 is 16.4 Å². The van der Waals surface area contributed by atoms with Crippen LogP contribution in [0.25, 0.3) is 0 Å². The van der Waals surface area contributed by atoms with Crippen LogP contribution >= 0.6 is 0 Å². The Balaban J connectivity index is 1.68. The van der Waals surface area contributed by atoms with Crippen molar-refractivity contribution in [2.24, 2.45) is 5.73 Å². The first-order chi connectivity index (χ1) is 11.6. The normalized spacial score (nSPS) is 13.8. The topological polar surface area (TPSA) is 84.2 Å². The zero-order valence-corrected chi connectivity index (χ0v) is 13.4. The SMILES string of the molecule is NC(=O)N[C@@H](CC(=O)Nc1ccc2c(c1)CCC2)c1ccccc1. The van der Waals surface area contributed by atoms with Crippen molar-refractivity contribution in [2.75, 3.05) is 5.32 Å². The first-order valence-electron chi connectivity index (χ1n) is 8.14. The van der Waals surface area contributed by atoms with Gasteiger partial charge in [-0.3, -0.25) is 4.79 Å². The van der Waals surface area contributed by atoms with Gasteiger partial charge in [-0.25, -0.2) is 4.79 Å². The summed E-state index contributed by atoms with van der Waals surface area (Å²) in [5.41, 5.74) is 9.56. The van der Waals surface area contributed by atoms with E-state index >= 15 is 0 Å². The van der Waals surface area contributed by atoms with Gasteiger partial charge in [-0.2, -0.15) is 0 Å². The zero-order chi connectivity index (χ0) is 16.9. The van der Waals surface area contributed by atoms with E-state index in [1.165, 1.54) is 17.5 Å². The molecule has 0 aromatic heterocycles. The first kappa shape index (κ1) is 16.1. The number of carbonyl (C=O) groups is 2. The maximum absolute atomic E-state index is 12.4. The molecule has 0 saturated carbocycles. The van der Waals surface area contributed by atoms with Gasteiger partial charge in [-0.1, -0.05) is 36.4 Å². The van der Waals surface area contributed by atoms with Gasteiger partial charge in [0.05, 0.1) is 12.5 Å². The van der Waals surface area contributed by atoms with Crippen LogP contribution in [0, 0.1) is 0 Å². The highest BCUT2D eigenvalue weighted by Gasteiger charge is 2.18. The minimum Gasteiger partial charge on any atom is -0.352 e. The van der Waals surface area contributed by atoms with Crippen molar-refractivity contribution in [2.45, 2.75) is 31.7 Å². The molecule has 0 spiro atoms. The van der Waals surface area contributed by atoms with Gasteiger partial charge in [0.25, 0.3) is 0 Å². The van der Waals surface area contributed by atoms with Crippen LogP contribution in [0.15, 0.2) is 48.5 Å². The van der Waals surface area contributed by atoms with Gasteiger partial charge >= 0.3 is 6.03 Å². The molecule has 2 aromatic carbocycles. The number of rotatable bonds is 5. The predicted molar refractivity (Wildman–Crippen MR) is 93.6 cm³/mol. The monoisotopic (exact) mass is 323 g/mol. The van der Waals surface area contributed by atoms with Crippen LogP contribution in [0.3, 0.4) is 0 Å². The Morgan fingerprint density at radius 2 is 1.79 bits per heavy atom. The van der Waals surface area contributed by atoms with Crippen LogP contribution in [0.5, 0.6) is 0 Å². The molecule has 0 fully saturated rings. The smallest absolute Gasteiger partial charge is 0.312 e. The van der Waals surface area contributed by atoms with Crippen molar-refractivity contribution in [3.63, 3.8) is 0 Å². The molecule has 0 radical (unpaired) electrons. The van der Waals surface area contributed by atoms with Gasteiger partial charge in [0.1, 0.15) is 0 Å². The molecule has 1 aliphatic carbocycles. The highest BCUT2D eigenvalue weighted by molar-refractivity contribution is 5.91. The Kier molecular flexibility index (Phi) is 4.79. The van der Waals surface area contributed by atoms with Crippen molar-refractivity contribution >= 4 is 17.6 Å². The van der Waals surface area contributed by atoms with Crippen molar-refractivity contribution in [3.8, 4) is 0 Å². The van der Waals surface area contributed by atoms with Crippen LogP contribution in [0.2, 0.25) is 0 Å². The molecule has 1 aliphatic rings. The standard InChI is InChI=1S/C19H21N3O2/c20-19(24)22-17(14-5-2-1-3-6-14)12-18(23)21-16-10-9-13-7-4-8-15(13)11-16/h1-3,5-6,9-11,17H,4,7-8,12H2,(H,21,23)(H3,20,22,24)/t17-/m0/s1. The lowest BCUT2D eigenvalue weighted by molar-refractivity contribution is -0.116. The van der Waals surface area contributed by atoms with E-state index in [-0.39, 0.29) is 12.3 Å². The number of hydrogen-bond acceptors (Lipinski definition) is 2. The van der Waals surface area contributed by atoms with E-state index in [4.69, 9.17) is 5.73 Å². The molecule has 0 heterocycles. The number of primary amides is 1. The van der Waals surface area contributed by atoms with Crippen LogP contribution in [-0.4, -0.2) is 11.9 Å². The average molecular weight is 323 g/mol. The van der Waals surface area contributed by atoms with Crippen LogP contribution in [0.4, 0.5) is 10.5 Å². The maximum atomic E-state index is 12.4. The highest BCUT2D eigenvalue weighted by Crippen LogP contribution is 2.25. The molecule has 24 heavy (non-hydrogen) atoms. The summed E-state index contributed by atoms with van der Waals surface area (Å²) in [6, 6.07) is 14.3. The minimum atomic E-state index is -0.644. The zero-order valence-electron chi connectivity index (χ0n) is 13.4. The van der Waals surface area contributed by atoms with Gasteiger partial charge in [0.2, 0.25) is 5.91 Å². The van der Waals surface area contributed by atoms with Gasteiger partial charge in [0, 0.05) is 5.69 Å². The Morgan fingerprint density at radius 1 is 1.04 bits per heavy atom. The lowest BCUT2D eigenvalue weighted by Crippen LogP contribution is -2.35. The van der Waals surface area contributed by atoms with Gasteiger partial charge in [0.15, 0.2) is 0 Å². The predicted octanol–water partition coefficient (Wildman–Crippen LogP) is 2.91. The van der Waals surface area contributed by atoms with Crippen LogP contribution in [-0.2, 0) is 17.6 Å². The van der Waals surface area contributed by atoms with E-state index in [0.29, 0.717) is 0 Å². The molecule has 3 rings (SSSR count). The van der Waals surface area contributed by atoms with Crippen molar-refractivity contribution < 1.29 is 9.59 Å². The van der Waals surface area contributed by atoms with Crippen molar-refractivity contribution in [1.29, 1.82) is 0 Å². The maximum Gasteiger partial charge on any atom is 0.312 e. The Labute approximate surface area is 141 Å². The third-order valence-corrected chi connectivity index (χ3v) is 4.29. The summed E-state index contributed by atoms with van der Waals surface area (Å²) in [5, 5.41) is 5.55. The molecule has 0 aliphatic heterocycles. The number of hydrogen-bond donors (Lipinski definition) is 3. The van der Waals surface area contributed by atoms with E-state index in [9.17, 15) is 9.59 Å². The minimum absolute atomic E-state index is 0.129. The summed E-state index contributed by atoms with van der Waals surface area (Å²) in [5.74, 6) is -0.157. The number of benzene rings is 2. The number of fused-ring (bicyclic) bond motifs is 1. The number of aryl methyl sites for hydroxylation is 2. The van der Waals surface area contributed by atoms with E-state index in [2.05, 4.69) is 16.7 Å². The number of nitrogens with two attached hydrogens (primary N) is 1. The van der Waals surface area contributed by atoms with Gasteiger partial charge in [-0.05, 0) is 48.1 Å². The van der Waals surface area contributed by atoms with E-state index < -0.39 is 12.1 Å². The summed E-state index contributed by atoms with van der Waals surface area (Å²) in [7, 11) is 0. The number of amides is 3. The molecule has 1 atom stereocenters. The number of nitrogens with one attached hydrogen (secondary N) is 2. The Morgan fingerprint density at radius 3 is 2.54 bits per heavy atom. The Hall–Kier alpha value is -2.82. The molecule has 124 valence electrons. The lowest BCUT2D eigenvalue weighted by Gasteiger charge is -2.18. The van der Waals surface area contributed by atoms with Gasteiger partial charge < -0.3 is 16.4 Å². The second-order valence-electron chi connectivity index (χ2n) is 6.06. The summed E-state index contributed by atoms with van der Waals surface area (Å²) in [6.07, 6.45) is 3.48. The fraction of sp³-hybridized carbons (Fsp3) is 0.263. The third kappa shape index (κ3) is 3.93. The Bertz CT molecular complexity index is 744. The van der Waals surface area contributed by atoms with Gasteiger partial charge in [-0.15, -0.1) is 0 Å². The lowest BCUT2D eigenvalue weighted by atomic mass is 10.0. The molecular formula is C19H21N3O2. The number of anilines is 1. The molecular weight excluding hydrogens is 302 g/mol. The summed E-state index contributed by atoms with van der Waals surface area (Å²) < 4.78 is 0. The summed E-state index contributed by atoms with van der Waals surface area (Å²) >= 11 is 0. The van der Waals surface area contributed by atoms with E-state index in [0.717, 1.165) is 24.1 Å². The van der Waals surface area contributed by atoms with Crippen molar-refractivity contribution in [3.05, 3.63) is 65.2 Å².